The molecule has 0 unspecified atom stereocenters. The molecule has 144 valence electrons. The van der Waals surface area contributed by atoms with Crippen molar-refractivity contribution in [3.63, 3.8) is 0 Å². The summed E-state index contributed by atoms with van der Waals surface area (Å²) < 4.78 is 24.5. The second-order valence-electron chi connectivity index (χ2n) is 6.30. The van der Waals surface area contributed by atoms with Crippen LogP contribution in [0.2, 0.25) is 0 Å². The zero-order valence-electron chi connectivity index (χ0n) is 15.2. The molecule has 27 heavy (non-hydrogen) atoms. The minimum Gasteiger partial charge on any atom is -0.355 e. The molecule has 2 heterocycles. The average molecular weight is 409 g/mol. The molecule has 2 aromatic rings. The van der Waals surface area contributed by atoms with Gasteiger partial charge in [0.25, 0.3) is 11.8 Å². The lowest BCUT2D eigenvalue weighted by Gasteiger charge is -2.29. The van der Waals surface area contributed by atoms with Crippen LogP contribution in [0.15, 0.2) is 18.2 Å². The molecular formula is C17H20N4O4S2. The standard InChI is InChI=1S/C17H20N4O4S2/c1-10-14(16(23)20-27(3,24)25)19-17(26-10)21-8-7-11-5-4-6-12(13(11)9-21)15(22)18-2/h4-6H,7-9H2,1-3H3,(H,18,22)(H,20,23). The third-order valence-corrected chi connectivity index (χ3v) is 5.88. The van der Waals surface area contributed by atoms with Crippen molar-refractivity contribution in [1.29, 1.82) is 0 Å². The molecule has 1 aromatic carbocycles. The van der Waals surface area contributed by atoms with Crippen LogP contribution in [0.3, 0.4) is 0 Å². The van der Waals surface area contributed by atoms with Crippen molar-refractivity contribution in [3.8, 4) is 0 Å². The molecule has 0 atom stereocenters. The first-order valence-corrected chi connectivity index (χ1v) is 11.0. The highest BCUT2D eigenvalue weighted by Crippen LogP contribution is 2.31. The summed E-state index contributed by atoms with van der Waals surface area (Å²) in [6.45, 7) is 2.93. The molecule has 2 amide bonds. The van der Waals surface area contributed by atoms with Gasteiger partial charge in [0.1, 0.15) is 5.69 Å². The Morgan fingerprint density at radius 3 is 2.67 bits per heavy atom. The van der Waals surface area contributed by atoms with Gasteiger partial charge in [-0.3, -0.25) is 9.59 Å². The van der Waals surface area contributed by atoms with Gasteiger partial charge in [-0.2, -0.15) is 0 Å². The number of carbonyl (C=O) groups is 2. The number of fused-ring (bicyclic) bond motifs is 1. The summed E-state index contributed by atoms with van der Waals surface area (Å²) in [5, 5.41) is 3.28. The Kier molecular flexibility index (Phi) is 5.20. The van der Waals surface area contributed by atoms with E-state index in [9.17, 15) is 18.0 Å². The van der Waals surface area contributed by atoms with E-state index in [2.05, 4.69) is 10.3 Å². The smallest absolute Gasteiger partial charge is 0.284 e. The van der Waals surface area contributed by atoms with E-state index in [0.29, 0.717) is 28.7 Å². The maximum atomic E-state index is 12.2. The van der Waals surface area contributed by atoms with Gasteiger partial charge in [-0.25, -0.2) is 18.1 Å². The number of amides is 2. The van der Waals surface area contributed by atoms with Crippen LogP contribution in [-0.4, -0.2) is 45.1 Å². The van der Waals surface area contributed by atoms with Gasteiger partial charge in [0.2, 0.25) is 10.0 Å². The Labute approximate surface area is 161 Å². The van der Waals surface area contributed by atoms with E-state index in [0.717, 1.165) is 23.8 Å². The van der Waals surface area contributed by atoms with Crippen molar-refractivity contribution < 1.29 is 18.0 Å². The highest BCUT2D eigenvalue weighted by atomic mass is 32.2. The molecule has 3 rings (SSSR count). The second kappa shape index (κ2) is 7.28. The highest BCUT2D eigenvalue weighted by molar-refractivity contribution is 7.89. The van der Waals surface area contributed by atoms with Crippen LogP contribution in [0, 0.1) is 6.92 Å². The topological polar surface area (TPSA) is 108 Å². The second-order valence-corrected chi connectivity index (χ2v) is 9.23. The van der Waals surface area contributed by atoms with Crippen molar-refractivity contribution >= 4 is 38.3 Å². The van der Waals surface area contributed by atoms with E-state index < -0.39 is 15.9 Å². The van der Waals surface area contributed by atoms with Gasteiger partial charge in [-0.05, 0) is 30.5 Å². The molecular weight excluding hydrogens is 388 g/mol. The SMILES string of the molecule is CNC(=O)c1cccc2c1CN(c1nc(C(=O)NS(C)(=O)=O)c(C)s1)CC2. The Morgan fingerprint density at radius 1 is 1.26 bits per heavy atom. The zero-order chi connectivity index (χ0) is 19.8. The van der Waals surface area contributed by atoms with Crippen LogP contribution in [0.4, 0.5) is 5.13 Å². The highest BCUT2D eigenvalue weighted by Gasteiger charge is 2.26. The number of aromatic nitrogens is 1. The van der Waals surface area contributed by atoms with Crippen LogP contribution >= 0.6 is 11.3 Å². The summed E-state index contributed by atoms with van der Waals surface area (Å²) in [6.07, 6.45) is 1.68. The molecule has 0 saturated heterocycles. The van der Waals surface area contributed by atoms with E-state index in [1.807, 2.05) is 21.8 Å². The van der Waals surface area contributed by atoms with Crippen LogP contribution in [0.5, 0.6) is 0 Å². The minimum atomic E-state index is -3.65. The lowest BCUT2D eigenvalue weighted by molar-refractivity contribution is 0.0958. The van der Waals surface area contributed by atoms with Gasteiger partial charge in [0.15, 0.2) is 5.13 Å². The van der Waals surface area contributed by atoms with Crippen molar-refractivity contribution in [2.45, 2.75) is 19.9 Å². The first-order chi connectivity index (χ1) is 12.7. The number of nitrogens with zero attached hydrogens (tertiary/aromatic N) is 2. The number of hydrogen-bond donors (Lipinski definition) is 2. The summed E-state index contributed by atoms with van der Waals surface area (Å²) in [6, 6.07) is 5.68. The van der Waals surface area contributed by atoms with Crippen molar-refractivity contribution in [1.82, 2.24) is 15.0 Å². The van der Waals surface area contributed by atoms with Crippen LogP contribution in [0.25, 0.3) is 0 Å². The Bertz CT molecular complexity index is 1010. The van der Waals surface area contributed by atoms with Gasteiger partial charge in [0.05, 0.1) is 6.26 Å². The number of benzene rings is 1. The van der Waals surface area contributed by atoms with E-state index in [1.54, 1.807) is 20.0 Å². The first-order valence-electron chi connectivity index (χ1n) is 8.27. The summed E-state index contributed by atoms with van der Waals surface area (Å²) in [5.74, 6) is -0.877. The molecule has 8 nitrogen and oxygen atoms in total. The molecule has 0 spiro atoms. The van der Waals surface area contributed by atoms with Crippen molar-refractivity contribution in [2.75, 3.05) is 24.7 Å². The van der Waals surface area contributed by atoms with Gasteiger partial charge in [-0.1, -0.05) is 12.1 Å². The van der Waals surface area contributed by atoms with E-state index in [-0.39, 0.29) is 11.6 Å². The molecule has 1 aliphatic heterocycles. The molecule has 0 radical (unpaired) electrons. The predicted molar refractivity (Wildman–Crippen MR) is 104 cm³/mol. The predicted octanol–water partition coefficient (Wildman–Crippen LogP) is 1.06. The number of sulfonamides is 1. The molecule has 10 heteroatoms. The maximum absolute atomic E-state index is 12.2. The maximum Gasteiger partial charge on any atom is 0.284 e. The number of anilines is 1. The Morgan fingerprint density at radius 2 is 2.00 bits per heavy atom. The Balaban J connectivity index is 1.89. The number of thiazole rings is 1. The van der Waals surface area contributed by atoms with Crippen molar-refractivity contribution in [3.05, 3.63) is 45.5 Å². The molecule has 0 fully saturated rings. The molecule has 2 N–H and O–H groups in total. The van der Waals surface area contributed by atoms with Crippen LogP contribution in [0.1, 0.15) is 36.9 Å². The van der Waals surface area contributed by atoms with Gasteiger partial charge in [0, 0.05) is 30.6 Å². The Hall–Kier alpha value is -2.46. The number of rotatable bonds is 4. The minimum absolute atomic E-state index is 0.103. The molecule has 0 aliphatic carbocycles. The fraction of sp³-hybridized carbons (Fsp3) is 0.353. The number of nitrogens with one attached hydrogen (secondary N) is 2. The third-order valence-electron chi connectivity index (χ3n) is 4.29. The third kappa shape index (κ3) is 4.11. The summed E-state index contributed by atoms with van der Waals surface area (Å²) in [7, 11) is -2.06. The van der Waals surface area contributed by atoms with E-state index in [4.69, 9.17) is 0 Å². The van der Waals surface area contributed by atoms with E-state index >= 15 is 0 Å². The average Bonchev–Trinajstić information content (AvgIpc) is 3.00. The van der Waals surface area contributed by atoms with Crippen molar-refractivity contribution in [2.24, 2.45) is 0 Å². The molecule has 0 saturated carbocycles. The normalized spacial score (nSPS) is 13.8. The number of hydrogen-bond acceptors (Lipinski definition) is 7. The number of carbonyl (C=O) groups excluding carboxylic acids is 2. The fourth-order valence-corrected chi connectivity index (χ4v) is 4.40. The number of aryl methyl sites for hydroxylation is 1. The summed E-state index contributed by atoms with van der Waals surface area (Å²) in [4.78, 5) is 31.3. The zero-order valence-corrected chi connectivity index (χ0v) is 16.8. The molecule has 0 bridgehead atoms. The lowest BCUT2D eigenvalue weighted by Crippen LogP contribution is -2.33. The van der Waals surface area contributed by atoms with Crippen LogP contribution in [-0.2, 0) is 23.0 Å². The fourth-order valence-electron chi connectivity index (χ4n) is 3.04. The monoisotopic (exact) mass is 408 g/mol. The quantitative estimate of drug-likeness (QED) is 0.783. The van der Waals surface area contributed by atoms with E-state index in [1.165, 1.54) is 11.3 Å². The summed E-state index contributed by atoms with van der Waals surface area (Å²) >= 11 is 1.33. The largest absolute Gasteiger partial charge is 0.355 e. The lowest BCUT2D eigenvalue weighted by atomic mass is 9.94. The van der Waals surface area contributed by atoms with Crippen LogP contribution < -0.4 is 14.9 Å². The van der Waals surface area contributed by atoms with Gasteiger partial charge < -0.3 is 10.2 Å². The van der Waals surface area contributed by atoms with Gasteiger partial charge >= 0.3 is 0 Å². The first kappa shape index (κ1) is 19.3. The molecule has 1 aliphatic rings. The molecule has 1 aromatic heterocycles. The van der Waals surface area contributed by atoms with Gasteiger partial charge in [-0.15, -0.1) is 11.3 Å². The summed E-state index contributed by atoms with van der Waals surface area (Å²) in [5.41, 5.74) is 2.79.